The molecule has 112 valence electrons. The van der Waals surface area contributed by atoms with Crippen LogP contribution in [0.25, 0.3) is 0 Å². The number of likely N-dealkylation sites (N-methyl/N-ethyl adjacent to an activating group) is 2. The lowest BCUT2D eigenvalue weighted by molar-refractivity contribution is 0.111. The summed E-state index contributed by atoms with van der Waals surface area (Å²) in [5.74, 6) is -1.53. The van der Waals surface area contributed by atoms with Crippen molar-refractivity contribution in [3.8, 4) is 0 Å². The Balaban J connectivity index is 1.94. The van der Waals surface area contributed by atoms with Crippen LogP contribution in [0, 0.1) is 11.6 Å². The van der Waals surface area contributed by atoms with E-state index in [1.807, 2.05) is 6.92 Å². The van der Waals surface area contributed by atoms with Crippen molar-refractivity contribution < 1.29 is 8.78 Å². The number of halogens is 2. The number of rotatable bonds is 4. The lowest BCUT2D eigenvalue weighted by atomic mass is 10.1. The Kier molecular flexibility index (Phi) is 5.07. The highest BCUT2D eigenvalue weighted by atomic mass is 19.2. The normalized spacial score (nSPS) is 22.9. The van der Waals surface area contributed by atoms with Gasteiger partial charge in [-0.15, -0.1) is 0 Å². The summed E-state index contributed by atoms with van der Waals surface area (Å²) in [5.41, 5.74) is 0.386. The van der Waals surface area contributed by atoms with Gasteiger partial charge in [0.25, 0.3) is 0 Å². The summed E-state index contributed by atoms with van der Waals surface area (Å²) in [7, 11) is 4.21. The average molecular weight is 283 g/mol. The van der Waals surface area contributed by atoms with Crippen LogP contribution in [-0.4, -0.2) is 56.1 Å². The second-order valence-corrected chi connectivity index (χ2v) is 5.67. The Hall–Kier alpha value is -1.04. The summed E-state index contributed by atoms with van der Waals surface area (Å²) in [6, 6.07) is 4.52. The SMILES string of the molecule is CC(NCC1CN(C)CCN1C)c1cccc(F)c1F. The minimum Gasteiger partial charge on any atom is -0.308 e. The topological polar surface area (TPSA) is 18.5 Å². The molecule has 2 unspecified atom stereocenters. The molecule has 0 aromatic heterocycles. The van der Waals surface area contributed by atoms with E-state index in [1.54, 1.807) is 12.1 Å². The first-order valence-electron chi connectivity index (χ1n) is 7.05. The van der Waals surface area contributed by atoms with E-state index in [9.17, 15) is 8.78 Å². The van der Waals surface area contributed by atoms with Gasteiger partial charge in [0, 0.05) is 43.8 Å². The Labute approximate surface area is 119 Å². The first-order valence-corrected chi connectivity index (χ1v) is 7.05. The van der Waals surface area contributed by atoms with Crippen molar-refractivity contribution in [2.45, 2.75) is 19.0 Å². The van der Waals surface area contributed by atoms with Crippen LogP contribution in [0.1, 0.15) is 18.5 Å². The highest BCUT2D eigenvalue weighted by Gasteiger charge is 2.23. The number of nitrogens with zero attached hydrogens (tertiary/aromatic N) is 2. The summed E-state index contributed by atoms with van der Waals surface area (Å²) < 4.78 is 27.0. The third-order valence-electron chi connectivity index (χ3n) is 4.09. The quantitative estimate of drug-likeness (QED) is 0.910. The van der Waals surface area contributed by atoms with Gasteiger partial charge in [0.05, 0.1) is 0 Å². The maximum Gasteiger partial charge on any atom is 0.163 e. The fourth-order valence-electron chi connectivity index (χ4n) is 2.60. The maximum atomic E-state index is 13.7. The fourth-order valence-corrected chi connectivity index (χ4v) is 2.60. The molecule has 1 aliphatic rings. The molecule has 2 rings (SSSR count). The predicted octanol–water partition coefficient (Wildman–Crippen LogP) is 1.86. The lowest BCUT2D eigenvalue weighted by Gasteiger charge is -2.38. The van der Waals surface area contributed by atoms with Crippen LogP contribution >= 0.6 is 0 Å². The van der Waals surface area contributed by atoms with Crippen LogP contribution in [-0.2, 0) is 0 Å². The van der Waals surface area contributed by atoms with E-state index < -0.39 is 11.6 Å². The fraction of sp³-hybridized carbons (Fsp3) is 0.600. The van der Waals surface area contributed by atoms with E-state index in [0.29, 0.717) is 11.6 Å². The zero-order valence-corrected chi connectivity index (χ0v) is 12.4. The Morgan fingerprint density at radius 2 is 2.05 bits per heavy atom. The van der Waals surface area contributed by atoms with Crippen LogP contribution in [0.15, 0.2) is 18.2 Å². The second kappa shape index (κ2) is 6.61. The van der Waals surface area contributed by atoms with E-state index in [4.69, 9.17) is 0 Å². The second-order valence-electron chi connectivity index (χ2n) is 5.67. The minimum absolute atomic E-state index is 0.202. The summed E-state index contributed by atoms with van der Waals surface area (Å²) >= 11 is 0. The van der Waals surface area contributed by atoms with Crippen LogP contribution in [0.2, 0.25) is 0 Å². The van der Waals surface area contributed by atoms with Gasteiger partial charge >= 0.3 is 0 Å². The standard InChI is InChI=1S/C15H23F2N3/c1-11(13-5-4-6-14(16)15(13)17)18-9-12-10-19(2)7-8-20(12)3/h4-6,11-12,18H,7-10H2,1-3H3. The summed E-state index contributed by atoms with van der Waals surface area (Å²) in [6.45, 7) is 5.72. The predicted molar refractivity (Wildman–Crippen MR) is 76.7 cm³/mol. The van der Waals surface area contributed by atoms with Crippen molar-refractivity contribution in [2.24, 2.45) is 0 Å². The minimum atomic E-state index is -0.786. The van der Waals surface area contributed by atoms with Gasteiger partial charge in [-0.2, -0.15) is 0 Å². The smallest absolute Gasteiger partial charge is 0.163 e. The van der Waals surface area contributed by atoms with Gasteiger partial charge < -0.3 is 10.2 Å². The molecular formula is C15H23F2N3. The third-order valence-corrected chi connectivity index (χ3v) is 4.09. The molecule has 1 saturated heterocycles. The van der Waals surface area contributed by atoms with E-state index in [1.165, 1.54) is 0 Å². The molecular weight excluding hydrogens is 260 g/mol. The molecule has 1 aliphatic heterocycles. The van der Waals surface area contributed by atoms with E-state index in [0.717, 1.165) is 32.2 Å². The zero-order valence-electron chi connectivity index (χ0n) is 12.4. The summed E-state index contributed by atoms with van der Waals surface area (Å²) in [6.07, 6.45) is 0. The highest BCUT2D eigenvalue weighted by molar-refractivity contribution is 5.22. The van der Waals surface area contributed by atoms with Crippen molar-refractivity contribution in [3.05, 3.63) is 35.4 Å². The molecule has 1 aromatic carbocycles. The number of nitrogens with one attached hydrogen (secondary N) is 1. The van der Waals surface area contributed by atoms with Crippen molar-refractivity contribution in [2.75, 3.05) is 40.3 Å². The largest absolute Gasteiger partial charge is 0.308 e. The molecule has 1 fully saturated rings. The van der Waals surface area contributed by atoms with Crippen molar-refractivity contribution >= 4 is 0 Å². The van der Waals surface area contributed by atoms with Crippen molar-refractivity contribution in [3.63, 3.8) is 0 Å². The van der Waals surface area contributed by atoms with Gasteiger partial charge in [0.15, 0.2) is 11.6 Å². The van der Waals surface area contributed by atoms with Gasteiger partial charge in [-0.1, -0.05) is 12.1 Å². The molecule has 0 saturated carbocycles. The van der Waals surface area contributed by atoms with Crippen molar-refractivity contribution in [1.82, 2.24) is 15.1 Å². The first kappa shape index (κ1) is 15.4. The van der Waals surface area contributed by atoms with E-state index in [-0.39, 0.29) is 6.04 Å². The molecule has 1 heterocycles. The average Bonchev–Trinajstić information content (AvgIpc) is 2.42. The molecule has 0 aliphatic carbocycles. The third kappa shape index (κ3) is 3.53. The van der Waals surface area contributed by atoms with Gasteiger partial charge in [0.2, 0.25) is 0 Å². The number of benzene rings is 1. The molecule has 20 heavy (non-hydrogen) atoms. The van der Waals surface area contributed by atoms with Gasteiger partial charge in [0.1, 0.15) is 0 Å². The van der Waals surface area contributed by atoms with Crippen LogP contribution < -0.4 is 5.32 Å². The van der Waals surface area contributed by atoms with Crippen LogP contribution in [0.4, 0.5) is 8.78 Å². The van der Waals surface area contributed by atoms with Crippen LogP contribution in [0.3, 0.4) is 0 Å². The molecule has 0 bridgehead atoms. The van der Waals surface area contributed by atoms with E-state index >= 15 is 0 Å². The van der Waals surface area contributed by atoms with E-state index in [2.05, 4.69) is 29.2 Å². The van der Waals surface area contributed by atoms with Gasteiger partial charge in [-0.25, -0.2) is 8.78 Å². The molecule has 1 aromatic rings. The summed E-state index contributed by atoms with van der Waals surface area (Å²) in [4.78, 5) is 4.60. The Morgan fingerprint density at radius 1 is 1.30 bits per heavy atom. The van der Waals surface area contributed by atoms with Gasteiger partial charge in [-0.05, 0) is 27.1 Å². The lowest BCUT2D eigenvalue weighted by Crippen LogP contribution is -2.53. The monoisotopic (exact) mass is 283 g/mol. The zero-order chi connectivity index (χ0) is 14.7. The molecule has 3 nitrogen and oxygen atoms in total. The first-order chi connectivity index (χ1) is 9.49. The maximum absolute atomic E-state index is 13.7. The molecule has 0 spiro atoms. The van der Waals surface area contributed by atoms with Crippen molar-refractivity contribution in [1.29, 1.82) is 0 Å². The molecule has 5 heteroatoms. The Bertz CT molecular complexity index is 453. The molecule has 1 N–H and O–H groups in total. The van der Waals surface area contributed by atoms with Crippen LogP contribution in [0.5, 0.6) is 0 Å². The Morgan fingerprint density at radius 3 is 2.80 bits per heavy atom. The number of hydrogen-bond donors (Lipinski definition) is 1. The highest BCUT2D eigenvalue weighted by Crippen LogP contribution is 2.19. The number of piperazine rings is 1. The van der Waals surface area contributed by atoms with Gasteiger partial charge in [-0.3, -0.25) is 4.90 Å². The number of hydrogen-bond acceptors (Lipinski definition) is 3. The molecule has 2 atom stereocenters. The molecule has 0 radical (unpaired) electrons. The molecule has 0 amide bonds. The summed E-state index contributed by atoms with van der Waals surface area (Å²) in [5, 5.41) is 3.31.